The van der Waals surface area contributed by atoms with Crippen LogP contribution in [0.25, 0.3) is 0 Å². The van der Waals surface area contributed by atoms with E-state index >= 15 is 0 Å². The topological polar surface area (TPSA) is 92.7 Å². The Bertz CT molecular complexity index is 601. The summed E-state index contributed by atoms with van der Waals surface area (Å²) >= 11 is 7.20. The van der Waals surface area contributed by atoms with E-state index in [1.165, 1.54) is 11.8 Å². The van der Waals surface area contributed by atoms with E-state index in [0.29, 0.717) is 29.5 Å². The van der Waals surface area contributed by atoms with Gasteiger partial charge in [0.25, 0.3) is 0 Å². The molecule has 1 fully saturated rings. The average Bonchev–Trinajstić information content (AvgIpc) is 2.84. The third-order valence-corrected chi connectivity index (χ3v) is 3.53. The zero-order chi connectivity index (χ0) is 13.9. The van der Waals surface area contributed by atoms with Crippen molar-refractivity contribution in [3.63, 3.8) is 0 Å². The molecule has 0 spiro atoms. The molecule has 1 aliphatic heterocycles. The van der Waals surface area contributed by atoms with Crippen molar-refractivity contribution in [2.45, 2.75) is 17.2 Å². The lowest BCUT2D eigenvalue weighted by Crippen LogP contribution is -2.37. The largest absolute Gasteiger partial charge is 0.378 e. The first-order valence-corrected chi connectivity index (χ1v) is 7.21. The normalized spacial score (nSPS) is 15.6. The number of rotatable bonds is 3. The molecule has 106 valence electrons. The molecule has 1 aliphatic rings. The van der Waals surface area contributed by atoms with E-state index in [9.17, 15) is 0 Å². The van der Waals surface area contributed by atoms with Gasteiger partial charge in [0.05, 0.1) is 13.2 Å². The lowest BCUT2D eigenvalue weighted by molar-refractivity contribution is 0.122. The van der Waals surface area contributed by atoms with Gasteiger partial charge in [0.1, 0.15) is 5.82 Å². The van der Waals surface area contributed by atoms with Gasteiger partial charge < -0.3 is 9.64 Å². The van der Waals surface area contributed by atoms with E-state index in [4.69, 9.17) is 16.3 Å². The number of nitrogens with one attached hydrogen (secondary N) is 1. The second kappa shape index (κ2) is 5.90. The second-order valence-corrected chi connectivity index (χ2v) is 5.36. The summed E-state index contributed by atoms with van der Waals surface area (Å²) in [5.41, 5.74) is 0. The molecular weight excluding hydrogens is 302 g/mol. The monoisotopic (exact) mass is 313 g/mol. The van der Waals surface area contributed by atoms with E-state index in [2.05, 4.69) is 30.1 Å². The quantitative estimate of drug-likeness (QED) is 0.895. The number of anilines is 1. The van der Waals surface area contributed by atoms with E-state index < -0.39 is 0 Å². The van der Waals surface area contributed by atoms with Gasteiger partial charge in [0.15, 0.2) is 0 Å². The van der Waals surface area contributed by atoms with Crippen LogP contribution in [0.3, 0.4) is 0 Å². The first-order chi connectivity index (χ1) is 9.70. The summed E-state index contributed by atoms with van der Waals surface area (Å²) in [7, 11) is 0. The summed E-state index contributed by atoms with van der Waals surface area (Å²) in [5.74, 6) is 1.30. The fourth-order valence-corrected chi connectivity index (χ4v) is 2.62. The summed E-state index contributed by atoms with van der Waals surface area (Å²) in [4.78, 5) is 18.9. The third-order valence-electron chi connectivity index (χ3n) is 2.63. The van der Waals surface area contributed by atoms with Crippen molar-refractivity contribution in [2.75, 3.05) is 31.2 Å². The van der Waals surface area contributed by atoms with Crippen LogP contribution in [0.1, 0.15) is 5.82 Å². The molecule has 0 amide bonds. The molecular formula is C10H12ClN7OS. The van der Waals surface area contributed by atoms with Crippen LogP contribution in [0.15, 0.2) is 10.3 Å². The first-order valence-electron chi connectivity index (χ1n) is 6.02. The van der Waals surface area contributed by atoms with Gasteiger partial charge in [-0.3, -0.25) is 5.10 Å². The van der Waals surface area contributed by atoms with Crippen LogP contribution in [0.4, 0.5) is 5.95 Å². The molecule has 2 aromatic heterocycles. The molecule has 8 nitrogen and oxygen atoms in total. The van der Waals surface area contributed by atoms with Crippen LogP contribution in [-0.4, -0.2) is 56.4 Å². The van der Waals surface area contributed by atoms with Crippen molar-refractivity contribution in [1.29, 1.82) is 0 Å². The summed E-state index contributed by atoms with van der Waals surface area (Å²) in [5, 5.41) is 7.99. The van der Waals surface area contributed by atoms with E-state index in [1.54, 1.807) is 0 Å². The Kier molecular flexibility index (Phi) is 3.99. The fourth-order valence-electron chi connectivity index (χ4n) is 1.72. The standard InChI is InChI=1S/C10H12ClN7OS/c1-6-12-10(17-16-6)20-9-14-7(11)13-8(15-9)18-2-4-19-5-3-18/h2-5H2,1H3,(H,12,16,17). The van der Waals surface area contributed by atoms with Crippen molar-refractivity contribution < 1.29 is 4.74 Å². The Morgan fingerprint density at radius 2 is 1.95 bits per heavy atom. The molecule has 0 atom stereocenters. The van der Waals surface area contributed by atoms with Gasteiger partial charge in [-0.2, -0.15) is 15.0 Å². The van der Waals surface area contributed by atoms with Gasteiger partial charge in [-0.1, -0.05) is 0 Å². The van der Waals surface area contributed by atoms with E-state index in [1.807, 2.05) is 11.8 Å². The smallest absolute Gasteiger partial charge is 0.230 e. The summed E-state index contributed by atoms with van der Waals surface area (Å²) in [6.45, 7) is 4.63. The predicted molar refractivity (Wildman–Crippen MR) is 73.1 cm³/mol. The van der Waals surface area contributed by atoms with E-state index in [-0.39, 0.29) is 5.28 Å². The van der Waals surface area contributed by atoms with Gasteiger partial charge in [-0.05, 0) is 30.3 Å². The van der Waals surface area contributed by atoms with Crippen molar-refractivity contribution in [2.24, 2.45) is 0 Å². The van der Waals surface area contributed by atoms with Crippen LogP contribution in [0.2, 0.25) is 5.28 Å². The second-order valence-electron chi connectivity index (χ2n) is 4.09. The molecule has 2 aromatic rings. The molecule has 1 saturated heterocycles. The van der Waals surface area contributed by atoms with Crippen LogP contribution in [-0.2, 0) is 4.74 Å². The fraction of sp³-hybridized carbons (Fsp3) is 0.500. The van der Waals surface area contributed by atoms with Gasteiger partial charge in [0, 0.05) is 13.1 Å². The molecule has 0 aliphatic carbocycles. The minimum Gasteiger partial charge on any atom is -0.378 e. The van der Waals surface area contributed by atoms with Gasteiger partial charge in [-0.15, -0.1) is 5.10 Å². The Balaban J connectivity index is 1.82. The third kappa shape index (κ3) is 3.17. The van der Waals surface area contributed by atoms with Crippen LogP contribution in [0.5, 0.6) is 0 Å². The molecule has 0 saturated carbocycles. The molecule has 0 bridgehead atoms. The molecule has 3 heterocycles. The predicted octanol–water partition coefficient (Wildman–Crippen LogP) is 0.939. The van der Waals surface area contributed by atoms with Crippen LogP contribution in [0, 0.1) is 6.92 Å². The maximum atomic E-state index is 5.96. The van der Waals surface area contributed by atoms with Crippen molar-refractivity contribution in [1.82, 2.24) is 30.1 Å². The first kappa shape index (κ1) is 13.5. The molecule has 1 N–H and O–H groups in total. The highest BCUT2D eigenvalue weighted by Crippen LogP contribution is 2.23. The highest BCUT2D eigenvalue weighted by Gasteiger charge is 2.17. The Morgan fingerprint density at radius 3 is 2.65 bits per heavy atom. The highest BCUT2D eigenvalue weighted by molar-refractivity contribution is 7.99. The van der Waals surface area contributed by atoms with Crippen molar-refractivity contribution in [3.8, 4) is 0 Å². The number of morpholine rings is 1. The Labute approximate surface area is 124 Å². The number of aromatic nitrogens is 6. The molecule has 0 unspecified atom stereocenters. The van der Waals surface area contributed by atoms with Crippen molar-refractivity contribution >= 4 is 29.3 Å². The minimum absolute atomic E-state index is 0.163. The number of halogens is 1. The van der Waals surface area contributed by atoms with Gasteiger partial charge in [0.2, 0.25) is 21.5 Å². The highest BCUT2D eigenvalue weighted by atomic mass is 35.5. The molecule has 3 rings (SSSR count). The number of aryl methyl sites for hydroxylation is 1. The molecule has 0 aromatic carbocycles. The summed E-state index contributed by atoms with van der Waals surface area (Å²) < 4.78 is 5.30. The number of hydrogen-bond donors (Lipinski definition) is 1. The van der Waals surface area contributed by atoms with Crippen LogP contribution >= 0.6 is 23.4 Å². The van der Waals surface area contributed by atoms with E-state index in [0.717, 1.165) is 18.9 Å². The minimum atomic E-state index is 0.163. The SMILES string of the molecule is Cc1nc(Sc2nc(Cl)nc(N3CCOCC3)n2)n[nH]1. The maximum Gasteiger partial charge on any atom is 0.230 e. The summed E-state index contributed by atoms with van der Waals surface area (Å²) in [6, 6.07) is 0. The van der Waals surface area contributed by atoms with Gasteiger partial charge in [-0.25, -0.2) is 4.98 Å². The lowest BCUT2D eigenvalue weighted by Gasteiger charge is -2.26. The number of aromatic amines is 1. The zero-order valence-corrected chi connectivity index (χ0v) is 12.3. The summed E-state index contributed by atoms with van der Waals surface area (Å²) in [6.07, 6.45) is 0. The molecule has 10 heteroatoms. The Hall–Kier alpha value is -1.45. The number of ether oxygens (including phenoxy) is 1. The Morgan fingerprint density at radius 1 is 1.15 bits per heavy atom. The molecule has 0 radical (unpaired) electrons. The average molecular weight is 314 g/mol. The molecule has 20 heavy (non-hydrogen) atoms. The number of hydrogen-bond acceptors (Lipinski definition) is 8. The number of nitrogens with zero attached hydrogens (tertiary/aromatic N) is 6. The van der Waals surface area contributed by atoms with Gasteiger partial charge >= 0.3 is 0 Å². The number of H-pyrrole nitrogens is 1. The zero-order valence-electron chi connectivity index (χ0n) is 10.7. The van der Waals surface area contributed by atoms with Crippen molar-refractivity contribution in [3.05, 3.63) is 11.1 Å². The maximum absolute atomic E-state index is 5.96. The lowest BCUT2D eigenvalue weighted by atomic mass is 10.4. The van der Waals surface area contributed by atoms with Crippen LogP contribution < -0.4 is 4.90 Å².